The predicted molar refractivity (Wildman–Crippen MR) is 261 cm³/mol. The largest absolute Gasteiger partial charge is 0.492 e. The van der Waals surface area contributed by atoms with E-state index in [-0.39, 0.29) is 33.4 Å². The normalized spacial score (nSPS) is 16.1. The number of furan rings is 1. The number of aromatic nitrogens is 2. The zero-order valence-electron chi connectivity index (χ0n) is 41.9. The molecule has 0 amide bonds. The minimum absolute atomic E-state index is 0.00379. The fraction of sp³-hybridized carbons (Fsp3) is 0.685. The fourth-order valence-corrected chi connectivity index (χ4v) is 8.60. The number of fused-ring (bicyclic) bond motifs is 2. The topological polar surface area (TPSA) is 76.7 Å². The monoisotopic (exact) mass is 854 g/mol. The molecule has 2 N–H and O–H groups in total. The van der Waals surface area contributed by atoms with Crippen molar-refractivity contribution in [3.05, 3.63) is 83.1 Å². The van der Waals surface area contributed by atoms with Crippen molar-refractivity contribution in [3.8, 4) is 5.75 Å². The fourth-order valence-electron chi connectivity index (χ4n) is 8.60. The molecule has 1 aliphatic heterocycles. The van der Waals surface area contributed by atoms with Crippen LogP contribution in [0.25, 0.3) is 11.0 Å². The molecular weight excluding hydrogens is 767 g/mol. The quantitative estimate of drug-likeness (QED) is 0.0763. The molecule has 62 heavy (non-hydrogen) atoms. The van der Waals surface area contributed by atoms with Crippen molar-refractivity contribution in [2.24, 2.45) is 11.3 Å². The molecule has 0 aliphatic carbocycles. The third-order valence-electron chi connectivity index (χ3n) is 13.0. The van der Waals surface area contributed by atoms with Gasteiger partial charge in [-0.3, -0.25) is 4.90 Å². The first-order chi connectivity index (χ1) is 28.9. The number of ether oxygens (including phenoxy) is 2. The van der Waals surface area contributed by atoms with Crippen molar-refractivity contribution in [3.63, 3.8) is 0 Å². The van der Waals surface area contributed by atoms with Gasteiger partial charge in [-0.2, -0.15) is 0 Å². The number of aryl methyl sites for hydroxylation is 1. The number of nitrogens with one attached hydrogen (secondary N) is 2. The Hall–Kier alpha value is -3.17. The number of hydrogen-bond donors (Lipinski definition) is 2. The standard InChI is InChI=1S/C54H87N5O3/c1-39(2)46(55-28-31-61-43-19-16-18-42(34-43)50(3,4)5)37-59(52(9,10)11)29-24-44-33-41-21-20-40(32-47(41)62-44)35-53(12,13)25-26-54(14,15)48-38-58-36-45(22-23-49(58)57-48)60-30-17-27-56-51(6,7)8/h16,18-21,32-34,38-39,45-46,55-56H,17,22-31,35-37H2,1-15H3. The Balaban J connectivity index is 1.10. The van der Waals surface area contributed by atoms with Gasteiger partial charge >= 0.3 is 0 Å². The molecule has 3 heterocycles. The number of benzene rings is 2. The molecule has 2 aromatic heterocycles. The van der Waals surface area contributed by atoms with Gasteiger partial charge in [0, 0.05) is 73.2 Å². The van der Waals surface area contributed by atoms with Crippen LogP contribution in [0.4, 0.5) is 0 Å². The maximum Gasteiger partial charge on any atom is 0.134 e. The van der Waals surface area contributed by atoms with Gasteiger partial charge in [0.05, 0.1) is 18.3 Å². The highest BCUT2D eigenvalue weighted by Crippen LogP contribution is 2.37. The van der Waals surface area contributed by atoms with Crippen molar-refractivity contribution in [1.29, 1.82) is 0 Å². The minimum Gasteiger partial charge on any atom is -0.492 e. The van der Waals surface area contributed by atoms with Gasteiger partial charge in [-0.05, 0) is 132 Å². The van der Waals surface area contributed by atoms with Crippen molar-refractivity contribution in [2.75, 3.05) is 39.4 Å². The highest BCUT2D eigenvalue weighted by Gasteiger charge is 2.31. The van der Waals surface area contributed by atoms with Gasteiger partial charge in [-0.1, -0.05) is 86.6 Å². The van der Waals surface area contributed by atoms with Crippen LogP contribution >= 0.6 is 0 Å². The summed E-state index contributed by atoms with van der Waals surface area (Å²) in [6.07, 6.45) is 9.74. The molecule has 0 saturated carbocycles. The van der Waals surface area contributed by atoms with Crippen LogP contribution in [0.1, 0.15) is 158 Å². The van der Waals surface area contributed by atoms with Crippen molar-refractivity contribution in [1.82, 2.24) is 25.1 Å². The van der Waals surface area contributed by atoms with E-state index < -0.39 is 0 Å². The van der Waals surface area contributed by atoms with E-state index in [1.165, 1.54) is 28.0 Å². The first-order valence-corrected chi connectivity index (χ1v) is 24.0. The van der Waals surface area contributed by atoms with Crippen molar-refractivity contribution >= 4 is 11.0 Å². The molecule has 8 heteroatoms. The van der Waals surface area contributed by atoms with Crippen molar-refractivity contribution in [2.45, 2.75) is 189 Å². The lowest BCUT2D eigenvalue weighted by Crippen LogP contribution is -2.52. The van der Waals surface area contributed by atoms with Crippen LogP contribution in [0.15, 0.2) is 59.1 Å². The summed E-state index contributed by atoms with van der Waals surface area (Å²) in [7, 11) is 0. The summed E-state index contributed by atoms with van der Waals surface area (Å²) in [6.45, 7) is 40.6. The van der Waals surface area contributed by atoms with Gasteiger partial charge in [0.25, 0.3) is 0 Å². The minimum atomic E-state index is -0.00379. The summed E-state index contributed by atoms with van der Waals surface area (Å²) >= 11 is 0. The summed E-state index contributed by atoms with van der Waals surface area (Å²) in [5, 5.41) is 8.58. The molecule has 0 radical (unpaired) electrons. The maximum absolute atomic E-state index is 6.57. The van der Waals surface area contributed by atoms with Gasteiger partial charge in [-0.15, -0.1) is 0 Å². The SMILES string of the molecule is CC(C)C(CN(CCc1cc2ccc(CC(C)(C)CCC(C)(C)c3cn4c(n3)CCC(OCCCNC(C)(C)C)C4)cc2o1)C(C)(C)C)NCCOc1cccc(C(C)(C)C)c1. The molecule has 5 rings (SSSR count). The first-order valence-electron chi connectivity index (χ1n) is 24.0. The van der Waals surface area contributed by atoms with Crippen LogP contribution in [0.3, 0.4) is 0 Å². The Morgan fingerprint density at radius 1 is 0.887 bits per heavy atom. The summed E-state index contributed by atoms with van der Waals surface area (Å²) in [6, 6.07) is 18.0. The second-order valence-electron chi connectivity index (χ2n) is 23.4. The second kappa shape index (κ2) is 20.8. The highest BCUT2D eigenvalue weighted by molar-refractivity contribution is 5.78. The highest BCUT2D eigenvalue weighted by atomic mass is 16.5. The molecule has 8 nitrogen and oxygen atoms in total. The third kappa shape index (κ3) is 15.2. The Labute approximate surface area is 377 Å². The number of nitrogens with zero attached hydrogens (tertiary/aromatic N) is 3. The van der Waals surface area contributed by atoms with E-state index in [1.807, 2.05) is 0 Å². The summed E-state index contributed by atoms with van der Waals surface area (Å²) in [4.78, 5) is 7.79. The second-order valence-corrected chi connectivity index (χ2v) is 23.4. The lowest BCUT2D eigenvalue weighted by molar-refractivity contribution is 0.0263. The predicted octanol–water partition coefficient (Wildman–Crippen LogP) is 11.7. The number of hydrogen-bond acceptors (Lipinski definition) is 7. The van der Waals surface area contributed by atoms with Crippen LogP contribution < -0.4 is 15.4 Å². The van der Waals surface area contributed by atoms with Crippen LogP contribution in [0, 0.1) is 11.3 Å². The zero-order valence-corrected chi connectivity index (χ0v) is 41.9. The van der Waals surface area contributed by atoms with Gasteiger partial charge < -0.3 is 29.1 Å². The number of rotatable bonds is 22. The zero-order chi connectivity index (χ0) is 45.5. The van der Waals surface area contributed by atoms with E-state index in [4.69, 9.17) is 18.9 Å². The smallest absolute Gasteiger partial charge is 0.134 e. The average molecular weight is 854 g/mol. The summed E-state index contributed by atoms with van der Waals surface area (Å²) in [5.74, 6) is 3.70. The molecule has 0 bridgehead atoms. The van der Waals surface area contributed by atoms with Gasteiger partial charge in [0.15, 0.2) is 0 Å². The molecule has 2 atom stereocenters. The molecular formula is C54H87N5O3. The first kappa shape index (κ1) is 49.8. The van der Waals surface area contributed by atoms with Gasteiger partial charge in [0.2, 0.25) is 0 Å². The maximum atomic E-state index is 6.57. The Morgan fingerprint density at radius 3 is 2.34 bits per heavy atom. The molecule has 0 saturated heterocycles. The van der Waals surface area contributed by atoms with E-state index in [2.05, 4.69) is 179 Å². The van der Waals surface area contributed by atoms with E-state index in [9.17, 15) is 0 Å². The molecule has 0 spiro atoms. The van der Waals surface area contributed by atoms with Crippen LogP contribution in [0.5, 0.6) is 5.75 Å². The third-order valence-corrected chi connectivity index (χ3v) is 13.0. The molecule has 2 aromatic carbocycles. The summed E-state index contributed by atoms with van der Waals surface area (Å²) < 4.78 is 21.4. The molecule has 0 fully saturated rings. The van der Waals surface area contributed by atoms with Gasteiger partial charge in [-0.25, -0.2) is 4.98 Å². The van der Waals surface area contributed by atoms with E-state index >= 15 is 0 Å². The summed E-state index contributed by atoms with van der Waals surface area (Å²) in [5.41, 5.74) is 5.26. The van der Waals surface area contributed by atoms with Crippen LogP contribution in [-0.4, -0.2) is 77.1 Å². The van der Waals surface area contributed by atoms with E-state index in [1.54, 1.807) is 0 Å². The lowest BCUT2D eigenvalue weighted by atomic mass is 9.75. The van der Waals surface area contributed by atoms with Crippen LogP contribution in [0.2, 0.25) is 0 Å². The Kier molecular flexibility index (Phi) is 16.7. The van der Waals surface area contributed by atoms with E-state index in [0.717, 1.165) is 101 Å². The molecule has 2 unspecified atom stereocenters. The average Bonchev–Trinajstić information content (AvgIpc) is 3.79. The van der Waals surface area contributed by atoms with E-state index in [0.29, 0.717) is 18.6 Å². The molecule has 346 valence electrons. The molecule has 4 aromatic rings. The number of imidazole rings is 1. The molecule has 1 aliphatic rings. The van der Waals surface area contributed by atoms with Crippen molar-refractivity contribution < 1.29 is 13.9 Å². The Morgan fingerprint density at radius 2 is 1.65 bits per heavy atom. The Bertz CT molecular complexity index is 1980. The van der Waals surface area contributed by atoms with Gasteiger partial charge in [0.1, 0.15) is 29.5 Å². The van der Waals surface area contributed by atoms with Crippen LogP contribution in [-0.2, 0) is 41.4 Å². The lowest BCUT2D eigenvalue weighted by Gasteiger charge is -2.39.